The highest BCUT2D eigenvalue weighted by Gasteiger charge is 2.16. The molecule has 23 heavy (non-hydrogen) atoms. The highest BCUT2D eigenvalue weighted by molar-refractivity contribution is 6.30. The molecule has 0 aliphatic heterocycles. The fraction of sp³-hybridized carbons (Fsp3) is 0.429. The number of hydrogen-bond donors (Lipinski definition) is 2. The molecule has 0 bridgehead atoms. The number of aryl methyl sites for hydroxylation is 1. The number of carbonyl (C=O) groups excluding carboxylic acids is 1. The minimum atomic E-state index is -0.292. The van der Waals surface area contributed by atoms with E-state index in [0.29, 0.717) is 17.4 Å². The molecule has 2 N–H and O–H groups in total. The van der Waals surface area contributed by atoms with Crippen molar-refractivity contribution in [2.75, 3.05) is 20.6 Å². The zero-order valence-electron chi connectivity index (χ0n) is 13.3. The smallest absolute Gasteiger partial charge is 0.315 e. The van der Waals surface area contributed by atoms with Gasteiger partial charge in [0.25, 0.3) is 0 Å². The fourth-order valence-electron chi connectivity index (χ4n) is 2.06. The minimum Gasteiger partial charge on any atom is -0.331 e. The van der Waals surface area contributed by atoms with Crippen LogP contribution in [0.15, 0.2) is 24.3 Å². The van der Waals surface area contributed by atoms with E-state index in [-0.39, 0.29) is 18.6 Å². The topological polar surface area (TPSA) is 88.0 Å². The van der Waals surface area contributed by atoms with Crippen LogP contribution in [0.1, 0.15) is 17.4 Å². The molecule has 1 atom stereocenters. The van der Waals surface area contributed by atoms with E-state index >= 15 is 0 Å². The van der Waals surface area contributed by atoms with Gasteiger partial charge >= 0.3 is 6.03 Å². The SMILES string of the molecule is CN(C)C[C@@H](NC(=O)NCc1nnn(C)n1)c1ccc(Cl)cc1. The summed E-state index contributed by atoms with van der Waals surface area (Å²) in [6.45, 7) is 0.882. The monoisotopic (exact) mass is 337 g/mol. The molecule has 2 amide bonds. The third-order valence-corrected chi connectivity index (χ3v) is 3.33. The Hall–Kier alpha value is -2.19. The lowest BCUT2D eigenvalue weighted by atomic mass is 10.1. The van der Waals surface area contributed by atoms with E-state index < -0.39 is 0 Å². The first kappa shape index (κ1) is 17.2. The van der Waals surface area contributed by atoms with Crippen molar-refractivity contribution in [2.45, 2.75) is 12.6 Å². The molecule has 1 heterocycles. The van der Waals surface area contributed by atoms with Gasteiger partial charge in [-0.2, -0.15) is 4.80 Å². The van der Waals surface area contributed by atoms with E-state index in [1.807, 2.05) is 43.3 Å². The van der Waals surface area contributed by atoms with Crippen molar-refractivity contribution in [3.05, 3.63) is 40.7 Å². The Kier molecular flexibility index (Phi) is 5.89. The van der Waals surface area contributed by atoms with Gasteiger partial charge in [-0.1, -0.05) is 23.7 Å². The van der Waals surface area contributed by atoms with Crippen molar-refractivity contribution < 1.29 is 4.79 Å². The fourth-order valence-corrected chi connectivity index (χ4v) is 2.18. The summed E-state index contributed by atoms with van der Waals surface area (Å²) in [7, 11) is 5.57. The number of tetrazole rings is 1. The summed E-state index contributed by atoms with van der Waals surface area (Å²) >= 11 is 5.92. The Morgan fingerprint density at radius 2 is 2.04 bits per heavy atom. The van der Waals surface area contributed by atoms with Crippen LogP contribution < -0.4 is 10.6 Å². The van der Waals surface area contributed by atoms with Crippen LogP contribution in [-0.4, -0.2) is 51.8 Å². The molecular weight excluding hydrogens is 318 g/mol. The van der Waals surface area contributed by atoms with E-state index in [2.05, 4.69) is 26.0 Å². The summed E-state index contributed by atoms with van der Waals surface area (Å²) in [5, 5.41) is 17.9. The lowest BCUT2D eigenvalue weighted by molar-refractivity contribution is 0.232. The molecule has 0 fully saturated rings. The van der Waals surface area contributed by atoms with Crippen LogP contribution in [0.2, 0.25) is 5.02 Å². The van der Waals surface area contributed by atoms with Crippen molar-refractivity contribution in [1.29, 1.82) is 0 Å². The quantitative estimate of drug-likeness (QED) is 0.820. The maximum Gasteiger partial charge on any atom is 0.315 e. The number of hydrogen-bond acceptors (Lipinski definition) is 5. The lowest BCUT2D eigenvalue weighted by Gasteiger charge is -2.23. The molecule has 9 heteroatoms. The van der Waals surface area contributed by atoms with Crippen molar-refractivity contribution in [3.8, 4) is 0 Å². The van der Waals surface area contributed by atoms with Crippen LogP contribution in [-0.2, 0) is 13.6 Å². The van der Waals surface area contributed by atoms with Gasteiger partial charge in [0, 0.05) is 11.6 Å². The maximum absolute atomic E-state index is 12.1. The molecule has 0 saturated carbocycles. The van der Waals surface area contributed by atoms with E-state index in [0.717, 1.165) is 5.56 Å². The number of likely N-dealkylation sites (N-methyl/N-ethyl adjacent to an activating group) is 1. The second-order valence-corrected chi connectivity index (χ2v) is 5.82. The number of rotatable bonds is 6. The van der Waals surface area contributed by atoms with Crippen molar-refractivity contribution >= 4 is 17.6 Å². The summed E-state index contributed by atoms with van der Waals surface area (Å²) in [5.74, 6) is 0.457. The molecule has 0 aliphatic rings. The molecule has 0 aliphatic carbocycles. The van der Waals surface area contributed by atoms with E-state index in [1.54, 1.807) is 7.05 Å². The third-order valence-electron chi connectivity index (χ3n) is 3.08. The number of nitrogens with one attached hydrogen (secondary N) is 2. The summed E-state index contributed by atoms with van der Waals surface area (Å²) in [4.78, 5) is 15.5. The van der Waals surface area contributed by atoms with Gasteiger partial charge in [0.1, 0.15) is 0 Å². The van der Waals surface area contributed by atoms with Crippen molar-refractivity contribution in [2.24, 2.45) is 7.05 Å². The first-order chi connectivity index (χ1) is 10.9. The van der Waals surface area contributed by atoms with Crippen LogP contribution in [0.5, 0.6) is 0 Å². The number of amides is 2. The van der Waals surface area contributed by atoms with Crippen LogP contribution >= 0.6 is 11.6 Å². The number of halogens is 1. The molecule has 1 aromatic heterocycles. The number of benzene rings is 1. The van der Waals surface area contributed by atoms with Gasteiger partial charge in [-0.25, -0.2) is 4.79 Å². The van der Waals surface area contributed by atoms with Gasteiger partial charge in [-0.15, -0.1) is 10.2 Å². The van der Waals surface area contributed by atoms with E-state index in [1.165, 1.54) is 4.80 Å². The standard InChI is InChI=1S/C14H20ClN7O/c1-21(2)9-12(10-4-6-11(15)7-5-10)17-14(23)16-8-13-18-20-22(3)19-13/h4-7,12H,8-9H2,1-3H3,(H2,16,17,23)/t12-/m1/s1. The van der Waals surface area contributed by atoms with Gasteiger partial charge in [0.2, 0.25) is 0 Å². The predicted octanol–water partition coefficient (Wildman–Crippen LogP) is 0.966. The van der Waals surface area contributed by atoms with Crippen molar-refractivity contribution in [3.63, 3.8) is 0 Å². The number of carbonyl (C=O) groups is 1. The second kappa shape index (κ2) is 7.89. The Bertz CT molecular complexity index is 641. The third kappa shape index (κ3) is 5.50. The van der Waals surface area contributed by atoms with Crippen LogP contribution in [0.25, 0.3) is 0 Å². The number of aromatic nitrogens is 4. The molecule has 2 aromatic rings. The Morgan fingerprint density at radius 1 is 1.35 bits per heavy atom. The van der Waals surface area contributed by atoms with Crippen LogP contribution in [0.3, 0.4) is 0 Å². The highest BCUT2D eigenvalue weighted by atomic mass is 35.5. The van der Waals surface area contributed by atoms with Crippen molar-refractivity contribution in [1.82, 2.24) is 35.7 Å². The van der Waals surface area contributed by atoms with Gasteiger partial charge < -0.3 is 15.5 Å². The van der Waals surface area contributed by atoms with Gasteiger partial charge in [-0.3, -0.25) is 0 Å². The van der Waals surface area contributed by atoms with Gasteiger partial charge in [-0.05, 0) is 37.0 Å². The van der Waals surface area contributed by atoms with Gasteiger partial charge in [0.15, 0.2) is 5.82 Å². The minimum absolute atomic E-state index is 0.155. The van der Waals surface area contributed by atoms with Crippen LogP contribution in [0, 0.1) is 0 Å². The normalized spacial score (nSPS) is 12.2. The number of nitrogens with zero attached hydrogens (tertiary/aromatic N) is 5. The average molecular weight is 338 g/mol. The molecule has 1 aromatic carbocycles. The zero-order chi connectivity index (χ0) is 16.8. The maximum atomic E-state index is 12.1. The average Bonchev–Trinajstić information content (AvgIpc) is 2.90. The Labute approximate surface area is 139 Å². The first-order valence-electron chi connectivity index (χ1n) is 7.11. The van der Waals surface area contributed by atoms with E-state index in [9.17, 15) is 4.79 Å². The van der Waals surface area contributed by atoms with E-state index in [4.69, 9.17) is 11.6 Å². The molecule has 0 unspecified atom stereocenters. The molecular formula is C14H20ClN7O. The molecule has 8 nitrogen and oxygen atoms in total. The Morgan fingerprint density at radius 3 is 2.61 bits per heavy atom. The lowest BCUT2D eigenvalue weighted by Crippen LogP contribution is -2.41. The first-order valence-corrected chi connectivity index (χ1v) is 7.49. The molecule has 0 radical (unpaired) electrons. The summed E-state index contributed by atoms with van der Waals surface area (Å²) in [5.41, 5.74) is 0.982. The number of urea groups is 1. The summed E-state index contributed by atoms with van der Waals surface area (Å²) in [6.07, 6.45) is 0. The summed E-state index contributed by atoms with van der Waals surface area (Å²) < 4.78 is 0. The van der Waals surface area contributed by atoms with Gasteiger partial charge in [0.05, 0.1) is 19.6 Å². The zero-order valence-corrected chi connectivity index (χ0v) is 14.1. The molecule has 2 rings (SSSR count). The second-order valence-electron chi connectivity index (χ2n) is 5.39. The summed E-state index contributed by atoms with van der Waals surface area (Å²) in [6, 6.07) is 6.98. The van der Waals surface area contributed by atoms with Crippen LogP contribution in [0.4, 0.5) is 4.79 Å². The Balaban J connectivity index is 1.96. The highest BCUT2D eigenvalue weighted by Crippen LogP contribution is 2.17. The molecule has 0 spiro atoms. The molecule has 124 valence electrons. The largest absolute Gasteiger partial charge is 0.331 e. The molecule has 0 saturated heterocycles. The predicted molar refractivity (Wildman–Crippen MR) is 86.9 cm³/mol.